The number of unbranched alkanes of at least 4 members (excludes halogenated alkanes) is 2. The van der Waals surface area contributed by atoms with Crippen molar-refractivity contribution in [2.45, 2.75) is 77.0 Å². The summed E-state index contributed by atoms with van der Waals surface area (Å²) in [6.07, 6.45) is 18.0. The van der Waals surface area contributed by atoms with Crippen LogP contribution < -0.4 is 16.2 Å². The molecule has 10 rings (SSSR count). The average molecular weight is 849 g/mol. The monoisotopic (exact) mass is 848 g/mol. The van der Waals surface area contributed by atoms with Crippen LogP contribution >= 0.6 is 0 Å². The van der Waals surface area contributed by atoms with Crippen LogP contribution in [0.4, 0.5) is 20.4 Å². The van der Waals surface area contributed by atoms with Crippen molar-refractivity contribution in [3.05, 3.63) is 148 Å². The molecule has 8 aromatic rings. The second-order valence-electron chi connectivity index (χ2n) is 15.9. The molecule has 0 saturated heterocycles. The standard InChI is InChI=1S/C23H21FN6O2.C23H21FN6O/c1-3-4-5-15-20-25-10-11-30(20)12-16(26-15)18-27-19-17(21(31)28-18)23(2,22(32)29-19)13-6-8-14(24)9-7-13;1-3-4-5-17-21-25-10-11-30(21)13-18(27-17)20-26-12-16-19(28-20)29-22(31)23(16,2)14-6-8-15(24)9-7-14/h6-12H,3-5H2,1-2H3,(H2,27,28,29,31,32);6-13H,3-5H2,1-2H3,(H,26,28,29,31). The Morgan fingerprint density at radius 3 is 1.75 bits per heavy atom. The SMILES string of the molecule is CCCCc1nc(-c2nc3c(c(=O)[nH]2)C(C)(c2ccc(F)cc2)C(=O)N3)cn2ccnc12.CCCCc1nc(-c2ncc3c(n2)NC(=O)C3(C)c2ccc(F)cc2)cn2ccnc12. The normalized spacial score (nSPS) is 17.6. The zero-order valence-corrected chi connectivity index (χ0v) is 34.9. The van der Waals surface area contributed by atoms with E-state index >= 15 is 0 Å². The first kappa shape index (κ1) is 40.8. The van der Waals surface area contributed by atoms with Crippen LogP contribution in [0.3, 0.4) is 0 Å². The molecule has 0 aliphatic carbocycles. The van der Waals surface area contributed by atoms with Crippen molar-refractivity contribution in [1.82, 2.24) is 48.7 Å². The summed E-state index contributed by atoms with van der Waals surface area (Å²) >= 11 is 0. The zero-order chi connectivity index (χ0) is 44.0. The lowest BCUT2D eigenvalue weighted by atomic mass is 9.78. The Morgan fingerprint density at radius 1 is 0.635 bits per heavy atom. The minimum Gasteiger partial charge on any atom is -0.309 e. The summed E-state index contributed by atoms with van der Waals surface area (Å²) in [5.41, 5.74) is 3.73. The third-order valence-electron chi connectivity index (χ3n) is 11.9. The highest BCUT2D eigenvalue weighted by atomic mass is 19.1. The zero-order valence-electron chi connectivity index (χ0n) is 34.9. The fraction of sp³-hybridized carbons (Fsp3) is 0.261. The molecule has 0 spiro atoms. The first-order chi connectivity index (χ1) is 30.4. The van der Waals surface area contributed by atoms with Gasteiger partial charge in [-0.25, -0.2) is 43.7 Å². The van der Waals surface area contributed by atoms with E-state index in [4.69, 9.17) is 9.97 Å². The third-order valence-corrected chi connectivity index (χ3v) is 11.9. The van der Waals surface area contributed by atoms with Gasteiger partial charge in [-0.2, -0.15) is 0 Å². The number of amides is 2. The summed E-state index contributed by atoms with van der Waals surface area (Å²) in [6, 6.07) is 11.5. The second kappa shape index (κ2) is 16.0. The molecule has 0 radical (unpaired) electrons. The molecule has 2 aliphatic rings. The lowest BCUT2D eigenvalue weighted by Gasteiger charge is -2.22. The summed E-state index contributed by atoms with van der Waals surface area (Å²) in [4.78, 5) is 73.7. The Hall–Kier alpha value is -7.56. The van der Waals surface area contributed by atoms with E-state index in [0.29, 0.717) is 39.7 Å². The predicted octanol–water partition coefficient (Wildman–Crippen LogP) is 7.15. The summed E-state index contributed by atoms with van der Waals surface area (Å²) in [5.74, 6) is -0.0667. The van der Waals surface area contributed by atoms with Crippen LogP contribution in [0.5, 0.6) is 0 Å². The number of nitrogens with zero attached hydrogens (tertiary/aromatic N) is 9. The molecule has 2 unspecified atom stereocenters. The van der Waals surface area contributed by atoms with Gasteiger partial charge in [0.1, 0.15) is 45.5 Å². The molecule has 2 amide bonds. The van der Waals surface area contributed by atoms with Crippen molar-refractivity contribution < 1.29 is 18.4 Å². The van der Waals surface area contributed by atoms with Crippen molar-refractivity contribution >= 4 is 34.7 Å². The largest absolute Gasteiger partial charge is 0.309 e. The smallest absolute Gasteiger partial charge is 0.257 e. The molecule has 0 fully saturated rings. The van der Waals surface area contributed by atoms with Gasteiger partial charge < -0.3 is 24.4 Å². The van der Waals surface area contributed by atoms with E-state index in [2.05, 4.69) is 54.4 Å². The number of anilines is 2. The molecule has 63 heavy (non-hydrogen) atoms. The van der Waals surface area contributed by atoms with Gasteiger partial charge >= 0.3 is 0 Å². The first-order valence-electron chi connectivity index (χ1n) is 20.8. The van der Waals surface area contributed by atoms with Crippen LogP contribution in [-0.2, 0) is 33.3 Å². The summed E-state index contributed by atoms with van der Waals surface area (Å²) in [6.45, 7) is 7.67. The van der Waals surface area contributed by atoms with E-state index in [1.807, 2.05) is 27.4 Å². The average Bonchev–Trinajstić information content (AvgIpc) is 4.07. The van der Waals surface area contributed by atoms with Crippen LogP contribution in [0.15, 0.2) is 96.7 Å². The Labute approximate surface area is 359 Å². The Bertz CT molecular complexity index is 3130. The van der Waals surface area contributed by atoms with Crippen LogP contribution in [0.25, 0.3) is 34.3 Å². The molecule has 17 heteroatoms. The maximum absolute atomic E-state index is 13.4. The Balaban J connectivity index is 0.000000160. The van der Waals surface area contributed by atoms with E-state index in [1.54, 1.807) is 50.8 Å². The van der Waals surface area contributed by atoms with E-state index < -0.39 is 28.1 Å². The molecule has 0 saturated carbocycles. The van der Waals surface area contributed by atoms with Crippen LogP contribution in [0.1, 0.15) is 87.0 Å². The number of H-pyrrole nitrogens is 1. The van der Waals surface area contributed by atoms with Gasteiger partial charge in [-0.3, -0.25) is 14.4 Å². The lowest BCUT2D eigenvalue weighted by Crippen LogP contribution is -2.36. The highest BCUT2D eigenvalue weighted by Gasteiger charge is 2.48. The van der Waals surface area contributed by atoms with E-state index in [0.717, 1.165) is 61.2 Å². The molecule has 2 atom stereocenters. The number of carbonyl (C=O) groups excluding carboxylic acids is 2. The number of carbonyl (C=O) groups is 2. The van der Waals surface area contributed by atoms with Gasteiger partial charge in [0.05, 0.1) is 17.0 Å². The van der Waals surface area contributed by atoms with Crippen molar-refractivity contribution in [3.63, 3.8) is 0 Å². The molecule has 0 bridgehead atoms. The highest BCUT2D eigenvalue weighted by Crippen LogP contribution is 2.42. The Kier molecular flexibility index (Phi) is 10.4. The minimum absolute atomic E-state index is 0.184. The number of benzene rings is 2. The number of aromatic amines is 1. The van der Waals surface area contributed by atoms with E-state index in [1.165, 1.54) is 36.4 Å². The second-order valence-corrected chi connectivity index (χ2v) is 15.9. The summed E-state index contributed by atoms with van der Waals surface area (Å²) in [5, 5.41) is 5.58. The quantitative estimate of drug-likeness (QED) is 0.128. The van der Waals surface area contributed by atoms with Gasteiger partial charge in [0.25, 0.3) is 5.56 Å². The lowest BCUT2D eigenvalue weighted by molar-refractivity contribution is -0.119. The number of aromatic nitrogens is 10. The molecular formula is C46H42F2N12O3. The van der Waals surface area contributed by atoms with Gasteiger partial charge in [-0.15, -0.1) is 0 Å². The fourth-order valence-corrected chi connectivity index (χ4v) is 8.18. The minimum atomic E-state index is -1.28. The van der Waals surface area contributed by atoms with Gasteiger partial charge in [0.15, 0.2) is 22.9 Å². The molecule has 6 aromatic heterocycles. The molecule has 2 aromatic carbocycles. The van der Waals surface area contributed by atoms with Crippen molar-refractivity contribution in [1.29, 1.82) is 0 Å². The van der Waals surface area contributed by atoms with Crippen molar-refractivity contribution in [3.8, 4) is 23.0 Å². The molecule has 3 N–H and O–H groups in total. The highest BCUT2D eigenvalue weighted by molar-refractivity contribution is 6.08. The fourth-order valence-electron chi connectivity index (χ4n) is 8.18. The number of rotatable bonds is 10. The number of hydrogen-bond acceptors (Lipinski definition) is 10. The van der Waals surface area contributed by atoms with Gasteiger partial charge in [0.2, 0.25) is 11.8 Å². The van der Waals surface area contributed by atoms with Gasteiger partial charge in [-0.1, -0.05) is 51.0 Å². The van der Waals surface area contributed by atoms with Crippen molar-refractivity contribution in [2.24, 2.45) is 0 Å². The molecule has 2 aliphatic heterocycles. The molecule has 15 nitrogen and oxygen atoms in total. The maximum atomic E-state index is 13.4. The van der Waals surface area contributed by atoms with Gasteiger partial charge in [-0.05, 0) is 74.9 Å². The predicted molar refractivity (Wildman–Crippen MR) is 231 cm³/mol. The molecule has 8 heterocycles. The topological polar surface area (TPSA) is 190 Å². The third kappa shape index (κ3) is 7.08. The molecular weight excluding hydrogens is 807 g/mol. The summed E-state index contributed by atoms with van der Waals surface area (Å²) in [7, 11) is 0. The first-order valence-corrected chi connectivity index (χ1v) is 20.8. The number of fused-ring (bicyclic) bond motifs is 4. The Morgan fingerprint density at radius 2 is 1.16 bits per heavy atom. The number of hydrogen-bond donors (Lipinski definition) is 3. The van der Waals surface area contributed by atoms with Crippen molar-refractivity contribution in [2.75, 3.05) is 10.6 Å². The van der Waals surface area contributed by atoms with E-state index in [9.17, 15) is 23.2 Å². The van der Waals surface area contributed by atoms with Crippen LogP contribution in [-0.4, -0.2) is 60.5 Å². The van der Waals surface area contributed by atoms with E-state index in [-0.39, 0.29) is 28.9 Å². The van der Waals surface area contributed by atoms with Crippen LogP contribution in [0.2, 0.25) is 0 Å². The number of nitrogens with one attached hydrogen (secondary N) is 3. The summed E-state index contributed by atoms with van der Waals surface area (Å²) < 4.78 is 30.6. The maximum Gasteiger partial charge on any atom is 0.257 e. The number of halogens is 2. The number of imidazole rings is 2. The van der Waals surface area contributed by atoms with Gasteiger partial charge in [0, 0.05) is 48.9 Å². The molecule has 318 valence electrons. The van der Waals surface area contributed by atoms with Crippen LogP contribution in [0, 0.1) is 11.6 Å². The number of aryl methyl sites for hydroxylation is 2.